The van der Waals surface area contributed by atoms with Crippen LogP contribution in [0.3, 0.4) is 0 Å². The van der Waals surface area contributed by atoms with Crippen LogP contribution in [0.2, 0.25) is 0 Å². The number of methoxy groups -OCH3 is 1. The molecule has 0 bridgehead atoms. The Bertz CT molecular complexity index is 1100. The number of aliphatic hydroxyl groups is 1. The van der Waals surface area contributed by atoms with Gasteiger partial charge in [-0.2, -0.15) is 0 Å². The molecule has 0 saturated carbocycles. The van der Waals surface area contributed by atoms with Crippen molar-refractivity contribution in [2.45, 2.75) is 26.2 Å². The molecule has 1 atom stereocenters. The number of hydrogen-bond donors (Lipinski definition) is 1. The summed E-state index contributed by atoms with van der Waals surface area (Å²) in [5, 5.41) is 11.1. The lowest BCUT2D eigenvalue weighted by atomic mass is 10.0. The number of nitrogens with zero attached hydrogens (tertiary/aromatic N) is 2. The fourth-order valence-electron chi connectivity index (χ4n) is 3.52. The number of aryl methyl sites for hydroxylation is 1. The minimum Gasteiger partial charge on any atom is -0.381 e. The maximum absolute atomic E-state index is 12.9. The Kier molecular flexibility index (Phi) is 3.94. The summed E-state index contributed by atoms with van der Waals surface area (Å²) >= 11 is 0. The summed E-state index contributed by atoms with van der Waals surface area (Å²) in [4.78, 5) is 28.8. The van der Waals surface area contributed by atoms with Gasteiger partial charge in [0.05, 0.1) is 30.1 Å². The second kappa shape index (κ2) is 6.16. The molecule has 0 fully saturated rings. The summed E-state index contributed by atoms with van der Waals surface area (Å²) in [5.74, 6) is 0. The zero-order valence-corrected chi connectivity index (χ0v) is 14.5. The highest BCUT2D eigenvalue weighted by Gasteiger charge is 2.27. The van der Waals surface area contributed by atoms with Gasteiger partial charge in [0.2, 0.25) is 0 Å². The molecule has 0 amide bonds. The number of aliphatic hydroxyl groups excluding tert-OH is 1. The molecule has 0 spiro atoms. The average molecular weight is 350 g/mol. The molecular formula is C20H18N2O4. The first-order valence-electron chi connectivity index (χ1n) is 8.33. The van der Waals surface area contributed by atoms with E-state index in [-0.39, 0.29) is 17.7 Å². The maximum atomic E-state index is 12.9. The molecule has 0 aliphatic carbocycles. The van der Waals surface area contributed by atoms with Crippen molar-refractivity contribution >= 4 is 17.2 Å². The van der Waals surface area contributed by atoms with Gasteiger partial charge in [-0.25, -0.2) is 4.98 Å². The van der Waals surface area contributed by atoms with E-state index < -0.39 is 6.10 Å². The largest absolute Gasteiger partial charge is 0.381 e. The number of fused-ring (bicyclic) bond motifs is 4. The molecule has 1 unspecified atom stereocenters. The lowest BCUT2D eigenvalue weighted by Crippen LogP contribution is -2.26. The lowest BCUT2D eigenvalue weighted by molar-refractivity contribution is -0.115. The fraction of sp³-hybridized carbons (Fsp3) is 0.250. The summed E-state index contributed by atoms with van der Waals surface area (Å²) in [7, 11) is 1.47. The number of aromatic nitrogens is 2. The Labute approximate surface area is 149 Å². The van der Waals surface area contributed by atoms with E-state index in [2.05, 4.69) is 0 Å². The minimum atomic E-state index is -1.37. The summed E-state index contributed by atoms with van der Waals surface area (Å²) in [6.45, 7) is 2.45. The van der Waals surface area contributed by atoms with Gasteiger partial charge in [-0.3, -0.25) is 4.79 Å². The maximum Gasteiger partial charge on any atom is 0.257 e. The molecular weight excluding hydrogens is 332 g/mol. The van der Waals surface area contributed by atoms with Crippen LogP contribution in [0.5, 0.6) is 0 Å². The van der Waals surface area contributed by atoms with E-state index in [1.807, 2.05) is 31.2 Å². The highest BCUT2D eigenvalue weighted by atomic mass is 16.5. The van der Waals surface area contributed by atoms with Gasteiger partial charge in [-0.15, -0.1) is 0 Å². The van der Waals surface area contributed by atoms with Crippen molar-refractivity contribution in [2.24, 2.45) is 0 Å². The molecule has 1 aromatic carbocycles. The van der Waals surface area contributed by atoms with Crippen molar-refractivity contribution in [3.05, 3.63) is 62.9 Å². The third-order valence-electron chi connectivity index (χ3n) is 4.79. The van der Waals surface area contributed by atoms with Crippen molar-refractivity contribution in [1.29, 1.82) is 0 Å². The Morgan fingerprint density at radius 1 is 1.35 bits per heavy atom. The molecule has 3 aromatic rings. The zero-order valence-electron chi connectivity index (χ0n) is 14.5. The van der Waals surface area contributed by atoms with Crippen LogP contribution in [0.25, 0.3) is 22.3 Å². The number of ether oxygens (including phenoxy) is 1. The van der Waals surface area contributed by atoms with Gasteiger partial charge >= 0.3 is 0 Å². The monoisotopic (exact) mass is 350 g/mol. The van der Waals surface area contributed by atoms with Crippen LogP contribution in [0.15, 0.2) is 35.1 Å². The van der Waals surface area contributed by atoms with E-state index in [0.29, 0.717) is 29.8 Å². The fourth-order valence-corrected chi connectivity index (χ4v) is 3.52. The van der Waals surface area contributed by atoms with E-state index in [1.165, 1.54) is 7.11 Å². The van der Waals surface area contributed by atoms with Crippen molar-refractivity contribution in [1.82, 2.24) is 9.55 Å². The SMILES string of the molecule is COCc1c(C(O)C=O)cc2n(c1=O)Cc1cc3ccc(C)cc3nc1-2. The molecule has 132 valence electrons. The summed E-state index contributed by atoms with van der Waals surface area (Å²) in [5.41, 5.74) is 4.53. The molecule has 1 aliphatic rings. The summed E-state index contributed by atoms with van der Waals surface area (Å²) in [6, 6.07) is 9.75. The van der Waals surface area contributed by atoms with Crippen LogP contribution in [-0.2, 0) is 22.7 Å². The standard InChI is InChI=1S/C20H18N2O4/c1-11-3-4-12-6-13-8-22-17(19(13)21-16(12)5-11)7-14(18(24)9-23)15(10-26-2)20(22)25/h3-7,9,18,24H,8,10H2,1-2H3. The first kappa shape index (κ1) is 16.6. The molecule has 26 heavy (non-hydrogen) atoms. The third kappa shape index (κ3) is 2.46. The van der Waals surface area contributed by atoms with Gasteiger partial charge in [0.1, 0.15) is 6.10 Å². The second-order valence-corrected chi connectivity index (χ2v) is 6.56. The first-order valence-corrected chi connectivity index (χ1v) is 8.33. The van der Waals surface area contributed by atoms with Crippen LogP contribution < -0.4 is 5.56 Å². The van der Waals surface area contributed by atoms with Crippen molar-refractivity contribution < 1.29 is 14.6 Å². The number of hydrogen-bond acceptors (Lipinski definition) is 5. The number of carbonyl (C=O) groups is 1. The normalized spacial score (nSPS) is 13.5. The average Bonchev–Trinajstić information content (AvgIpc) is 2.99. The van der Waals surface area contributed by atoms with E-state index in [9.17, 15) is 14.7 Å². The van der Waals surface area contributed by atoms with Crippen LogP contribution in [0.1, 0.15) is 28.4 Å². The van der Waals surface area contributed by atoms with Gasteiger partial charge in [0.15, 0.2) is 6.29 Å². The number of benzene rings is 1. The molecule has 1 N–H and O–H groups in total. The lowest BCUT2D eigenvalue weighted by Gasteiger charge is -2.14. The van der Waals surface area contributed by atoms with Crippen molar-refractivity contribution in [2.75, 3.05) is 7.11 Å². The topological polar surface area (TPSA) is 81.4 Å². The highest BCUT2D eigenvalue weighted by Crippen LogP contribution is 2.33. The summed E-state index contributed by atoms with van der Waals surface area (Å²) in [6.07, 6.45) is -0.955. The first-order chi connectivity index (χ1) is 12.5. The Hall–Kier alpha value is -2.83. The van der Waals surface area contributed by atoms with Gasteiger partial charge < -0.3 is 19.2 Å². The molecule has 6 heteroatoms. The third-order valence-corrected chi connectivity index (χ3v) is 4.79. The second-order valence-electron chi connectivity index (χ2n) is 6.56. The van der Waals surface area contributed by atoms with Gasteiger partial charge in [0, 0.05) is 29.2 Å². The smallest absolute Gasteiger partial charge is 0.257 e. The van der Waals surface area contributed by atoms with E-state index >= 15 is 0 Å². The molecule has 0 radical (unpaired) electrons. The number of pyridine rings is 2. The van der Waals surface area contributed by atoms with Gasteiger partial charge in [-0.1, -0.05) is 12.1 Å². The Balaban J connectivity index is 1.99. The van der Waals surface area contributed by atoms with Crippen LogP contribution >= 0.6 is 0 Å². The number of carbonyl (C=O) groups excluding carboxylic acids is 1. The van der Waals surface area contributed by atoms with Crippen LogP contribution in [-0.4, -0.2) is 28.1 Å². The molecule has 1 aliphatic heterocycles. The predicted octanol–water partition coefficient (Wildman–Crippen LogP) is 2.11. The van der Waals surface area contributed by atoms with E-state index in [4.69, 9.17) is 9.72 Å². The zero-order chi connectivity index (χ0) is 18.4. The van der Waals surface area contributed by atoms with Crippen LogP contribution in [0.4, 0.5) is 0 Å². The van der Waals surface area contributed by atoms with Crippen molar-refractivity contribution in [3.8, 4) is 11.4 Å². The molecule has 0 saturated heterocycles. The summed E-state index contributed by atoms with van der Waals surface area (Å²) < 4.78 is 6.72. The molecule has 2 aromatic heterocycles. The van der Waals surface area contributed by atoms with Crippen LogP contribution in [0, 0.1) is 6.92 Å². The predicted molar refractivity (Wildman–Crippen MR) is 97.0 cm³/mol. The van der Waals surface area contributed by atoms with Gasteiger partial charge in [-0.05, 0) is 30.7 Å². The Morgan fingerprint density at radius 3 is 2.88 bits per heavy atom. The molecule has 4 rings (SSSR count). The van der Waals surface area contributed by atoms with Crippen molar-refractivity contribution in [3.63, 3.8) is 0 Å². The quantitative estimate of drug-likeness (QED) is 0.570. The van der Waals surface area contributed by atoms with E-state index in [0.717, 1.165) is 22.0 Å². The van der Waals surface area contributed by atoms with Gasteiger partial charge in [0.25, 0.3) is 5.56 Å². The number of rotatable bonds is 4. The highest BCUT2D eigenvalue weighted by molar-refractivity contribution is 5.84. The Morgan fingerprint density at radius 2 is 2.15 bits per heavy atom. The molecule has 3 heterocycles. The molecule has 6 nitrogen and oxygen atoms in total. The van der Waals surface area contributed by atoms with E-state index in [1.54, 1.807) is 10.6 Å². The minimum absolute atomic E-state index is 0.0320. The number of aldehydes is 1.